The lowest BCUT2D eigenvalue weighted by molar-refractivity contribution is -0.162. The Balaban J connectivity index is 2.17. The van der Waals surface area contributed by atoms with E-state index in [9.17, 15) is 9.59 Å². The molecule has 20 heavy (non-hydrogen) atoms. The molecule has 0 bridgehead atoms. The van der Waals surface area contributed by atoms with Crippen LogP contribution in [0.5, 0.6) is 5.75 Å². The van der Waals surface area contributed by atoms with Crippen molar-refractivity contribution in [1.82, 2.24) is 0 Å². The first-order valence-corrected chi connectivity index (χ1v) is 6.60. The van der Waals surface area contributed by atoms with E-state index in [0.29, 0.717) is 16.5 Å². The van der Waals surface area contributed by atoms with Crippen molar-refractivity contribution in [3.63, 3.8) is 0 Å². The second kappa shape index (κ2) is 5.32. The van der Waals surface area contributed by atoms with Crippen molar-refractivity contribution in [2.24, 2.45) is 5.92 Å². The van der Waals surface area contributed by atoms with Crippen LogP contribution in [0.1, 0.15) is 20.8 Å². The molecule has 2 rings (SSSR count). The van der Waals surface area contributed by atoms with Crippen molar-refractivity contribution in [3.05, 3.63) is 23.2 Å². The molecule has 1 aromatic rings. The summed E-state index contributed by atoms with van der Waals surface area (Å²) in [6.07, 6.45) is 0. The molecule has 108 valence electrons. The summed E-state index contributed by atoms with van der Waals surface area (Å²) in [5.41, 5.74) is -0.162. The lowest BCUT2D eigenvalue weighted by Crippen LogP contribution is -2.37. The smallest absolute Gasteiger partial charge is 0.322 e. The average molecular weight is 298 g/mol. The van der Waals surface area contributed by atoms with Crippen LogP contribution in [0, 0.1) is 5.92 Å². The number of rotatable bonds is 1. The quantitative estimate of drug-likeness (QED) is 0.639. The highest BCUT2D eigenvalue weighted by molar-refractivity contribution is 6.30. The maximum atomic E-state index is 12.1. The average Bonchev–Trinajstić information content (AvgIpc) is 2.45. The number of esters is 1. The molecule has 1 heterocycles. The lowest BCUT2D eigenvalue weighted by atomic mass is 10.1. The summed E-state index contributed by atoms with van der Waals surface area (Å²) in [6, 6.07) is 4.86. The molecule has 1 unspecified atom stereocenters. The predicted octanol–water partition coefficient (Wildman–Crippen LogP) is 2.63. The van der Waals surface area contributed by atoms with Gasteiger partial charge in [0.2, 0.25) is 5.91 Å². The molecule has 0 aromatic heterocycles. The van der Waals surface area contributed by atoms with E-state index in [0.717, 1.165) is 0 Å². The Bertz CT molecular complexity index is 551. The van der Waals surface area contributed by atoms with Gasteiger partial charge in [0.25, 0.3) is 0 Å². The SMILES string of the molecule is CC(C)(C)OC(=O)C1COc2cc(Cl)ccc2NC1=O. The van der Waals surface area contributed by atoms with E-state index in [1.54, 1.807) is 39.0 Å². The minimum absolute atomic E-state index is 0.0753. The number of amides is 1. The van der Waals surface area contributed by atoms with Gasteiger partial charge in [0.15, 0.2) is 5.92 Å². The fourth-order valence-electron chi connectivity index (χ4n) is 1.74. The highest BCUT2D eigenvalue weighted by Crippen LogP contribution is 2.31. The maximum Gasteiger partial charge on any atom is 0.322 e. The summed E-state index contributed by atoms with van der Waals surface area (Å²) in [5.74, 6) is -1.61. The molecule has 1 aromatic carbocycles. The molecule has 0 saturated heterocycles. The summed E-state index contributed by atoms with van der Waals surface area (Å²) in [4.78, 5) is 24.1. The van der Waals surface area contributed by atoms with Crippen LogP contribution < -0.4 is 10.1 Å². The van der Waals surface area contributed by atoms with Gasteiger partial charge in [-0.2, -0.15) is 0 Å². The Morgan fingerprint density at radius 3 is 2.80 bits per heavy atom. The zero-order chi connectivity index (χ0) is 14.9. The maximum absolute atomic E-state index is 12.1. The van der Waals surface area contributed by atoms with E-state index in [1.165, 1.54) is 0 Å². The van der Waals surface area contributed by atoms with Crippen LogP contribution in [-0.2, 0) is 14.3 Å². The van der Waals surface area contributed by atoms with Crippen LogP contribution in [-0.4, -0.2) is 24.1 Å². The van der Waals surface area contributed by atoms with Crippen molar-refractivity contribution in [3.8, 4) is 5.75 Å². The standard InChI is InChI=1S/C14H16ClNO4/c1-14(2,3)20-13(18)9-7-19-11-6-8(15)4-5-10(11)16-12(9)17/h4-6,9H,7H2,1-3H3,(H,16,17). The van der Waals surface area contributed by atoms with E-state index >= 15 is 0 Å². The van der Waals surface area contributed by atoms with Gasteiger partial charge in [-0.15, -0.1) is 0 Å². The summed E-state index contributed by atoms with van der Waals surface area (Å²) >= 11 is 5.87. The van der Waals surface area contributed by atoms with E-state index in [-0.39, 0.29) is 6.61 Å². The molecule has 0 saturated carbocycles. The summed E-state index contributed by atoms with van der Waals surface area (Å²) in [7, 11) is 0. The van der Waals surface area contributed by atoms with Gasteiger partial charge in [0.05, 0.1) is 5.69 Å². The van der Waals surface area contributed by atoms with Crippen molar-refractivity contribution in [2.45, 2.75) is 26.4 Å². The van der Waals surface area contributed by atoms with Gasteiger partial charge in [0.1, 0.15) is 18.0 Å². The topological polar surface area (TPSA) is 64.6 Å². The van der Waals surface area contributed by atoms with Crippen LogP contribution in [0.2, 0.25) is 5.02 Å². The van der Waals surface area contributed by atoms with Crippen LogP contribution >= 0.6 is 11.6 Å². The first-order chi connectivity index (χ1) is 9.26. The number of nitrogens with one attached hydrogen (secondary N) is 1. The fourth-order valence-corrected chi connectivity index (χ4v) is 1.90. The summed E-state index contributed by atoms with van der Waals surface area (Å²) < 4.78 is 10.7. The van der Waals surface area contributed by atoms with Gasteiger partial charge in [-0.25, -0.2) is 0 Å². The number of anilines is 1. The van der Waals surface area contributed by atoms with E-state index in [1.807, 2.05) is 0 Å². The molecule has 0 spiro atoms. The molecule has 0 aliphatic carbocycles. The highest BCUT2D eigenvalue weighted by Gasteiger charge is 2.34. The van der Waals surface area contributed by atoms with E-state index in [2.05, 4.69) is 5.32 Å². The van der Waals surface area contributed by atoms with E-state index in [4.69, 9.17) is 21.1 Å². The van der Waals surface area contributed by atoms with Crippen LogP contribution in [0.3, 0.4) is 0 Å². The first-order valence-electron chi connectivity index (χ1n) is 6.22. The molecule has 1 N–H and O–H groups in total. The first kappa shape index (κ1) is 14.7. The highest BCUT2D eigenvalue weighted by atomic mass is 35.5. The van der Waals surface area contributed by atoms with Gasteiger partial charge in [-0.05, 0) is 32.9 Å². The van der Waals surface area contributed by atoms with Crippen molar-refractivity contribution >= 4 is 29.2 Å². The van der Waals surface area contributed by atoms with Crippen molar-refractivity contribution < 1.29 is 19.1 Å². The van der Waals surface area contributed by atoms with Crippen LogP contribution in [0.25, 0.3) is 0 Å². The Morgan fingerprint density at radius 2 is 2.15 bits per heavy atom. The summed E-state index contributed by atoms with van der Waals surface area (Å²) in [6.45, 7) is 5.16. The zero-order valence-electron chi connectivity index (χ0n) is 11.5. The Hall–Kier alpha value is -1.75. The molecule has 1 amide bonds. The summed E-state index contributed by atoms with van der Waals surface area (Å²) in [5, 5.41) is 3.14. The minimum atomic E-state index is -1.000. The second-order valence-electron chi connectivity index (χ2n) is 5.53. The molecule has 0 fully saturated rings. The molecule has 1 aliphatic heterocycles. The third-order valence-corrected chi connectivity index (χ3v) is 2.85. The van der Waals surface area contributed by atoms with Crippen LogP contribution in [0.15, 0.2) is 18.2 Å². The number of halogens is 1. The normalized spacial score (nSPS) is 18.4. The number of hydrogen-bond acceptors (Lipinski definition) is 4. The number of ether oxygens (including phenoxy) is 2. The number of carbonyl (C=O) groups excluding carboxylic acids is 2. The molecule has 1 atom stereocenters. The molecular formula is C14H16ClNO4. The van der Waals surface area contributed by atoms with Gasteiger partial charge in [-0.3, -0.25) is 9.59 Å². The van der Waals surface area contributed by atoms with Gasteiger partial charge >= 0.3 is 5.97 Å². The second-order valence-corrected chi connectivity index (χ2v) is 5.96. The molecule has 5 nitrogen and oxygen atoms in total. The van der Waals surface area contributed by atoms with Gasteiger partial charge in [-0.1, -0.05) is 11.6 Å². The Kier molecular flexibility index (Phi) is 3.90. The molecule has 6 heteroatoms. The van der Waals surface area contributed by atoms with Crippen molar-refractivity contribution in [2.75, 3.05) is 11.9 Å². The molecule has 0 radical (unpaired) electrons. The fraction of sp³-hybridized carbons (Fsp3) is 0.429. The van der Waals surface area contributed by atoms with Gasteiger partial charge in [0, 0.05) is 11.1 Å². The number of hydrogen-bond donors (Lipinski definition) is 1. The Morgan fingerprint density at radius 1 is 1.45 bits per heavy atom. The minimum Gasteiger partial charge on any atom is -0.490 e. The molecule has 1 aliphatic rings. The Labute approximate surface area is 122 Å². The molecular weight excluding hydrogens is 282 g/mol. The third-order valence-electron chi connectivity index (χ3n) is 2.61. The third kappa shape index (κ3) is 3.42. The van der Waals surface area contributed by atoms with Gasteiger partial charge < -0.3 is 14.8 Å². The number of benzene rings is 1. The van der Waals surface area contributed by atoms with Crippen molar-refractivity contribution in [1.29, 1.82) is 0 Å². The monoisotopic (exact) mass is 297 g/mol. The van der Waals surface area contributed by atoms with E-state index < -0.39 is 23.4 Å². The largest absolute Gasteiger partial charge is 0.490 e. The van der Waals surface area contributed by atoms with Crippen LogP contribution in [0.4, 0.5) is 5.69 Å². The zero-order valence-corrected chi connectivity index (χ0v) is 12.3. The number of fused-ring (bicyclic) bond motifs is 1. The predicted molar refractivity (Wildman–Crippen MR) is 74.9 cm³/mol. The lowest BCUT2D eigenvalue weighted by Gasteiger charge is -2.22. The number of carbonyl (C=O) groups is 2.